The van der Waals surface area contributed by atoms with E-state index in [1.807, 2.05) is 69.4 Å². The highest BCUT2D eigenvalue weighted by Gasteiger charge is 2.16. The number of rotatable bonds is 10. The molecule has 0 spiro atoms. The molecule has 2 aromatic carbocycles. The number of thiazole rings is 1. The smallest absolute Gasteiger partial charge is 0.407 e. The first kappa shape index (κ1) is 31.6. The van der Waals surface area contributed by atoms with Crippen LogP contribution < -0.4 is 10.6 Å². The zero-order chi connectivity index (χ0) is 30.0. The normalized spacial score (nSPS) is 11.3. The second kappa shape index (κ2) is 14.6. The molecule has 0 aliphatic rings. The second-order valence-electron chi connectivity index (χ2n) is 10.4. The topological polar surface area (TPSA) is 125 Å². The highest BCUT2D eigenvalue weighted by atomic mass is 32.1. The van der Waals surface area contributed by atoms with Crippen LogP contribution in [0.3, 0.4) is 0 Å². The molecule has 220 valence electrons. The van der Waals surface area contributed by atoms with Gasteiger partial charge in [0.2, 0.25) is 0 Å². The van der Waals surface area contributed by atoms with Gasteiger partial charge in [-0.1, -0.05) is 49.4 Å². The average Bonchev–Trinajstić information content (AvgIpc) is 3.49. The van der Waals surface area contributed by atoms with E-state index in [9.17, 15) is 9.59 Å². The summed E-state index contributed by atoms with van der Waals surface area (Å²) in [7, 11) is 0. The van der Waals surface area contributed by atoms with Crippen molar-refractivity contribution in [2.75, 3.05) is 26.2 Å². The van der Waals surface area contributed by atoms with Gasteiger partial charge in [-0.15, -0.1) is 0 Å². The third-order valence-electron chi connectivity index (χ3n) is 6.27. The summed E-state index contributed by atoms with van der Waals surface area (Å²) in [6, 6.07) is 13.8. The van der Waals surface area contributed by atoms with Gasteiger partial charge in [0.05, 0.1) is 15.9 Å². The van der Waals surface area contributed by atoms with Crippen LogP contribution in [0.15, 0.2) is 48.7 Å². The summed E-state index contributed by atoms with van der Waals surface area (Å²) >= 11 is 1.57. The Labute approximate surface area is 244 Å². The number of nitrogens with zero attached hydrogens (tertiary/aromatic N) is 3. The molecule has 0 bridgehead atoms. The van der Waals surface area contributed by atoms with Gasteiger partial charge in [-0.3, -0.25) is 14.0 Å². The molecule has 2 amide bonds. The highest BCUT2D eigenvalue weighted by molar-refractivity contribution is 7.23. The van der Waals surface area contributed by atoms with Gasteiger partial charge in [0.1, 0.15) is 5.60 Å². The Kier molecular flexibility index (Phi) is 11.2. The molecule has 0 aliphatic heterocycles. The Bertz CT molecular complexity index is 1450. The van der Waals surface area contributed by atoms with Crippen LogP contribution in [0.2, 0.25) is 0 Å². The lowest BCUT2D eigenvalue weighted by atomic mass is 10.1. The summed E-state index contributed by atoms with van der Waals surface area (Å²) < 4.78 is 8.38. The van der Waals surface area contributed by atoms with Crippen molar-refractivity contribution in [2.45, 2.75) is 53.2 Å². The molecule has 0 unspecified atom stereocenters. The lowest BCUT2D eigenvalue weighted by molar-refractivity contribution is -0.122. The van der Waals surface area contributed by atoms with Gasteiger partial charge in [-0.2, -0.15) is 0 Å². The number of alkyl carbamates (subject to hydrolysis) is 1. The predicted molar refractivity (Wildman–Crippen MR) is 163 cm³/mol. The maximum atomic E-state index is 12.7. The number of benzene rings is 2. The fourth-order valence-electron chi connectivity index (χ4n) is 4.21. The van der Waals surface area contributed by atoms with Gasteiger partial charge in [-0.05, 0) is 70.6 Å². The number of fused-ring (bicyclic) bond motifs is 3. The maximum absolute atomic E-state index is 12.7. The van der Waals surface area contributed by atoms with E-state index in [2.05, 4.69) is 33.8 Å². The summed E-state index contributed by atoms with van der Waals surface area (Å²) in [5, 5.41) is 12.7. The van der Waals surface area contributed by atoms with E-state index in [1.54, 1.807) is 11.3 Å². The van der Waals surface area contributed by atoms with Crippen molar-refractivity contribution in [1.29, 1.82) is 0 Å². The zero-order valence-corrected chi connectivity index (χ0v) is 25.1. The number of hydrogen-bond donors (Lipinski definition) is 3. The van der Waals surface area contributed by atoms with Crippen LogP contribution in [-0.2, 0) is 16.1 Å². The molecule has 10 nitrogen and oxygen atoms in total. The number of carbonyl (C=O) groups is 3. The minimum atomic E-state index is -0.523. The third-order valence-corrected chi connectivity index (χ3v) is 7.29. The average molecular weight is 582 g/mol. The van der Waals surface area contributed by atoms with E-state index in [0.717, 1.165) is 58.1 Å². The Hall–Kier alpha value is -3.96. The molecule has 4 aromatic rings. The molecular formula is C30H39N5O5S. The van der Waals surface area contributed by atoms with Crippen molar-refractivity contribution in [3.8, 4) is 11.3 Å². The van der Waals surface area contributed by atoms with Crippen LogP contribution in [0.4, 0.5) is 4.79 Å². The third kappa shape index (κ3) is 9.02. The first-order valence-electron chi connectivity index (χ1n) is 13.6. The van der Waals surface area contributed by atoms with E-state index >= 15 is 0 Å². The minimum absolute atomic E-state index is 0.0422. The van der Waals surface area contributed by atoms with E-state index < -0.39 is 11.7 Å². The molecule has 2 heterocycles. The monoisotopic (exact) mass is 581 g/mol. The molecule has 11 heteroatoms. The number of ether oxygens (including phenoxy) is 1. The van der Waals surface area contributed by atoms with E-state index in [1.165, 1.54) is 0 Å². The molecular weight excluding hydrogens is 542 g/mol. The fraction of sp³-hybridized carbons (Fsp3) is 0.400. The molecule has 41 heavy (non-hydrogen) atoms. The predicted octanol–water partition coefficient (Wildman–Crippen LogP) is 5.40. The lowest BCUT2D eigenvalue weighted by Gasteiger charge is -2.19. The standard InChI is InChI=1S/C29H37N5O3S.CH2O2/c1-6-33(7-2)16-8-15-30-26(35)22-13-14-24-25(17-22)38-27-32-23(19-34(24)27)21-11-9-20(10-12-21)18-31-28(36)37-29(3,4)5;2-1-3/h9-14,17,19H,6-8,15-16,18H2,1-5H3,(H,30,35)(H,31,36);1H,(H,2,3). The quantitative estimate of drug-likeness (QED) is 0.169. The second-order valence-corrected chi connectivity index (χ2v) is 11.4. The number of amides is 2. The van der Waals surface area contributed by atoms with Crippen molar-refractivity contribution in [3.05, 3.63) is 59.8 Å². The highest BCUT2D eigenvalue weighted by Crippen LogP contribution is 2.30. The Morgan fingerprint density at radius 3 is 2.41 bits per heavy atom. The van der Waals surface area contributed by atoms with E-state index in [4.69, 9.17) is 19.6 Å². The summed E-state index contributed by atoms with van der Waals surface area (Å²) in [5.41, 5.74) is 4.02. The first-order chi connectivity index (χ1) is 19.6. The number of aromatic nitrogens is 2. The van der Waals surface area contributed by atoms with E-state index in [-0.39, 0.29) is 12.4 Å². The summed E-state index contributed by atoms with van der Waals surface area (Å²) in [6.07, 6.45) is 2.53. The van der Waals surface area contributed by atoms with Crippen molar-refractivity contribution in [1.82, 2.24) is 24.9 Å². The summed E-state index contributed by atoms with van der Waals surface area (Å²) in [5.74, 6) is -0.0422. The van der Waals surface area contributed by atoms with Crippen molar-refractivity contribution in [3.63, 3.8) is 0 Å². The lowest BCUT2D eigenvalue weighted by Crippen LogP contribution is -2.32. The molecule has 4 rings (SSSR count). The fourth-order valence-corrected chi connectivity index (χ4v) is 5.26. The van der Waals surface area contributed by atoms with Crippen molar-refractivity contribution in [2.24, 2.45) is 0 Å². The number of carbonyl (C=O) groups excluding carboxylic acids is 2. The van der Waals surface area contributed by atoms with Crippen LogP contribution in [0.25, 0.3) is 26.4 Å². The van der Waals surface area contributed by atoms with Gasteiger partial charge in [-0.25, -0.2) is 9.78 Å². The molecule has 0 saturated heterocycles. The zero-order valence-electron chi connectivity index (χ0n) is 24.3. The Morgan fingerprint density at radius 1 is 1.10 bits per heavy atom. The summed E-state index contributed by atoms with van der Waals surface area (Å²) in [4.78, 5) is 41.0. The van der Waals surface area contributed by atoms with Gasteiger partial charge in [0.15, 0.2) is 4.96 Å². The Morgan fingerprint density at radius 2 is 1.78 bits per heavy atom. The minimum Gasteiger partial charge on any atom is -0.483 e. The SMILES string of the molecule is CCN(CC)CCCNC(=O)c1ccc2c(c1)sc1nc(-c3ccc(CNC(=O)OC(C)(C)C)cc3)cn12.O=CO. The van der Waals surface area contributed by atoms with Crippen molar-refractivity contribution < 1.29 is 24.2 Å². The van der Waals surface area contributed by atoms with Crippen LogP contribution in [-0.4, -0.2) is 69.6 Å². The first-order valence-corrected chi connectivity index (χ1v) is 14.5. The molecule has 0 aliphatic carbocycles. The van der Waals surface area contributed by atoms with Gasteiger partial charge in [0, 0.05) is 30.4 Å². The van der Waals surface area contributed by atoms with Crippen molar-refractivity contribution >= 4 is 45.0 Å². The largest absolute Gasteiger partial charge is 0.483 e. The molecule has 0 fully saturated rings. The number of imidazole rings is 1. The molecule has 3 N–H and O–H groups in total. The number of nitrogens with one attached hydrogen (secondary N) is 2. The van der Waals surface area contributed by atoms with Gasteiger partial charge in [0.25, 0.3) is 12.4 Å². The van der Waals surface area contributed by atoms with Crippen LogP contribution in [0.5, 0.6) is 0 Å². The summed E-state index contributed by atoms with van der Waals surface area (Å²) in [6.45, 7) is 13.7. The van der Waals surface area contributed by atoms with Crippen LogP contribution in [0, 0.1) is 0 Å². The van der Waals surface area contributed by atoms with E-state index in [0.29, 0.717) is 18.7 Å². The Balaban J connectivity index is 0.00000147. The molecule has 0 radical (unpaired) electrons. The van der Waals surface area contributed by atoms with Gasteiger partial charge >= 0.3 is 6.09 Å². The molecule has 0 atom stereocenters. The molecule has 2 aromatic heterocycles. The maximum Gasteiger partial charge on any atom is 0.407 e. The van der Waals surface area contributed by atoms with Crippen LogP contribution in [0.1, 0.15) is 57.0 Å². The number of hydrogen-bond acceptors (Lipinski definition) is 7. The van der Waals surface area contributed by atoms with Crippen LogP contribution >= 0.6 is 11.3 Å². The number of carboxylic acid groups (broad SMARTS) is 1. The molecule has 0 saturated carbocycles. The van der Waals surface area contributed by atoms with Gasteiger partial charge < -0.3 is 25.4 Å².